The van der Waals surface area contributed by atoms with E-state index in [-0.39, 0.29) is 23.0 Å². The van der Waals surface area contributed by atoms with Gasteiger partial charge in [0.25, 0.3) is 0 Å². The van der Waals surface area contributed by atoms with Crippen LogP contribution in [0.3, 0.4) is 0 Å². The fourth-order valence-corrected chi connectivity index (χ4v) is 4.57. The minimum atomic E-state index is -1.18. The van der Waals surface area contributed by atoms with Crippen LogP contribution in [0.4, 0.5) is 4.39 Å². The first-order chi connectivity index (χ1) is 16.3. The van der Waals surface area contributed by atoms with Gasteiger partial charge in [0.05, 0.1) is 5.92 Å². The highest BCUT2D eigenvalue weighted by molar-refractivity contribution is 9.15. The summed E-state index contributed by atoms with van der Waals surface area (Å²) in [4.78, 5) is 13.0. The van der Waals surface area contributed by atoms with Gasteiger partial charge in [-0.15, -0.1) is 0 Å². The first-order valence-corrected chi connectivity index (χ1v) is 11.7. The first-order valence-electron chi connectivity index (χ1n) is 10.9. The molecule has 172 valence electrons. The highest BCUT2D eigenvalue weighted by Crippen LogP contribution is 2.60. The maximum absolute atomic E-state index is 14.3. The minimum Gasteiger partial charge on any atom is -0.454 e. The summed E-state index contributed by atoms with van der Waals surface area (Å²) in [7, 11) is 0. The molecule has 0 spiro atoms. The number of para-hydroxylation sites is 1. The number of ether oxygens (including phenoxy) is 2. The number of hydrogen-bond donors (Lipinski definition) is 0. The molecule has 0 aromatic heterocycles. The number of rotatable bonds is 7. The van der Waals surface area contributed by atoms with E-state index >= 15 is 0 Å². The lowest BCUT2D eigenvalue weighted by atomic mass is 10.1. The molecule has 3 atom stereocenters. The molecule has 3 aromatic carbocycles. The Morgan fingerprint density at radius 1 is 1.09 bits per heavy atom. The van der Waals surface area contributed by atoms with Crippen molar-refractivity contribution < 1.29 is 18.7 Å². The summed E-state index contributed by atoms with van der Waals surface area (Å²) in [6.07, 6.45) is 0.844. The summed E-state index contributed by atoms with van der Waals surface area (Å²) in [5.74, 6) is -1.04. The number of benzene rings is 3. The summed E-state index contributed by atoms with van der Waals surface area (Å²) >= 11 is 3.61. The largest absolute Gasteiger partial charge is 0.454 e. The molecule has 3 unspecified atom stereocenters. The average Bonchev–Trinajstić information content (AvgIpc) is 3.39. The second-order valence-corrected chi connectivity index (χ2v) is 9.61. The molecule has 0 amide bonds. The van der Waals surface area contributed by atoms with E-state index in [0.29, 0.717) is 11.3 Å². The zero-order valence-corrected chi connectivity index (χ0v) is 20.3. The SMILES string of the molecule is CC1(C)C(C=C(Br)c2ccccc2)C1C(=O)OC(C#N)c1ccc(F)c(Oc2ccccc2)c1. The van der Waals surface area contributed by atoms with Crippen molar-refractivity contribution in [2.24, 2.45) is 17.3 Å². The Labute approximate surface area is 206 Å². The standard InChI is InChI=1S/C28H23BrFNO3/c1-28(2)21(16-22(29)18-9-5-3-6-10-18)26(28)27(32)34-25(17-31)19-13-14-23(30)24(15-19)33-20-11-7-4-8-12-20/h3-16,21,25-26H,1-2H3. The van der Waals surface area contributed by atoms with Gasteiger partial charge in [-0.3, -0.25) is 4.79 Å². The van der Waals surface area contributed by atoms with Gasteiger partial charge in [0.1, 0.15) is 11.8 Å². The molecule has 0 saturated heterocycles. The molecule has 6 heteroatoms. The van der Waals surface area contributed by atoms with E-state index in [4.69, 9.17) is 9.47 Å². The smallest absolute Gasteiger partial charge is 0.311 e. The second-order valence-electron chi connectivity index (χ2n) is 8.76. The average molecular weight is 520 g/mol. The molecule has 0 radical (unpaired) electrons. The topological polar surface area (TPSA) is 59.3 Å². The fourth-order valence-electron chi connectivity index (χ4n) is 4.03. The van der Waals surface area contributed by atoms with Crippen molar-refractivity contribution in [1.29, 1.82) is 5.26 Å². The molecule has 3 aromatic rings. The molecule has 1 aliphatic carbocycles. The van der Waals surface area contributed by atoms with Crippen LogP contribution in [0, 0.1) is 34.4 Å². The van der Waals surface area contributed by atoms with Gasteiger partial charge < -0.3 is 9.47 Å². The van der Waals surface area contributed by atoms with Crippen LogP contribution in [-0.4, -0.2) is 5.97 Å². The van der Waals surface area contributed by atoms with E-state index in [1.807, 2.05) is 62.4 Å². The van der Waals surface area contributed by atoms with Crippen LogP contribution in [0.15, 0.2) is 84.9 Å². The molecule has 4 rings (SSSR count). The van der Waals surface area contributed by atoms with E-state index in [0.717, 1.165) is 10.0 Å². The van der Waals surface area contributed by atoms with Gasteiger partial charge in [0.2, 0.25) is 6.10 Å². The summed E-state index contributed by atoms with van der Waals surface area (Å²) in [6.45, 7) is 3.99. The molecule has 1 aliphatic rings. The first kappa shape index (κ1) is 23.7. The van der Waals surface area contributed by atoms with Gasteiger partial charge in [-0.25, -0.2) is 4.39 Å². The molecular weight excluding hydrogens is 497 g/mol. The number of carbonyl (C=O) groups excluding carboxylic acids is 1. The lowest BCUT2D eigenvalue weighted by Crippen LogP contribution is -2.14. The zero-order chi connectivity index (χ0) is 24.3. The number of hydrogen-bond acceptors (Lipinski definition) is 4. The van der Waals surface area contributed by atoms with Gasteiger partial charge in [0.15, 0.2) is 11.6 Å². The molecule has 0 N–H and O–H groups in total. The quantitative estimate of drug-likeness (QED) is 0.304. The monoisotopic (exact) mass is 519 g/mol. The van der Waals surface area contributed by atoms with Crippen LogP contribution < -0.4 is 4.74 Å². The van der Waals surface area contributed by atoms with E-state index in [1.165, 1.54) is 18.2 Å². The number of esters is 1. The number of halogens is 2. The maximum atomic E-state index is 14.3. The van der Waals surface area contributed by atoms with Crippen LogP contribution >= 0.6 is 15.9 Å². The van der Waals surface area contributed by atoms with Crippen molar-refractivity contribution in [3.63, 3.8) is 0 Å². The van der Waals surface area contributed by atoms with Crippen molar-refractivity contribution in [3.05, 3.63) is 102 Å². The normalized spacial score (nSPS) is 19.6. The minimum absolute atomic E-state index is 0.0423. The van der Waals surface area contributed by atoms with Crippen molar-refractivity contribution >= 4 is 26.4 Å². The Hall–Kier alpha value is -3.43. The summed E-state index contributed by atoms with van der Waals surface area (Å²) in [6, 6.07) is 24.6. The molecule has 1 saturated carbocycles. The predicted molar refractivity (Wildman–Crippen MR) is 131 cm³/mol. The molecule has 4 nitrogen and oxygen atoms in total. The maximum Gasteiger partial charge on any atom is 0.311 e. The van der Waals surface area contributed by atoms with Crippen molar-refractivity contribution in [2.75, 3.05) is 0 Å². The summed E-state index contributed by atoms with van der Waals surface area (Å²) < 4.78 is 26.4. The molecule has 0 aliphatic heterocycles. The summed E-state index contributed by atoms with van der Waals surface area (Å²) in [5.41, 5.74) is 1.05. The fraction of sp³-hybridized carbons (Fsp3) is 0.214. The molecule has 34 heavy (non-hydrogen) atoms. The number of nitriles is 1. The predicted octanol–water partition coefficient (Wildman–Crippen LogP) is 7.43. The van der Waals surface area contributed by atoms with Crippen LogP contribution in [0.1, 0.15) is 31.1 Å². The van der Waals surface area contributed by atoms with Crippen LogP contribution in [0.25, 0.3) is 4.48 Å². The van der Waals surface area contributed by atoms with E-state index in [1.54, 1.807) is 24.3 Å². The lowest BCUT2D eigenvalue weighted by molar-refractivity contribution is -0.149. The molecular formula is C28H23BrFNO3. The zero-order valence-electron chi connectivity index (χ0n) is 18.7. The third kappa shape index (κ3) is 5.05. The van der Waals surface area contributed by atoms with Gasteiger partial charge in [-0.1, -0.05) is 90.5 Å². The second kappa shape index (κ2) is 9.82. The van der Waals surface area contributed by atoms with Gasteiger partial charge in [-0.2, -0.15) is 5.26 Å². The number of allylic oxidation sites excluding steroid dienone is 1. The molecule has 0 heterocycles. The van der Waals surface area contributed by atoms with Crippen LogP contribution in [0.5, 0.6) is 11.5 Å². The van der Waals surface area contributed by atoms with Gasteiger partial charge >= 0.3 is 5.97 Å². The number of nitrogens with zero attached hydrogens (tertiary/aromatic N) is 1. The van der Waals surface area contributed by atoms with Crippen molar-refractivity contribution in [2.45, 2.75) is 20.0 Å². The Morgan fingerprint density at radius 2 is 1.74 bits per heavy atom. The van der Waals surface area contributed by atoms with Crippen molar-refractivity contribution in [1.82, 2.24) is 0 Å². The Kier molecular flexibility index (Phi) is 6.85. The van der Waals surface area contributed by atoms with Crippen molar-refractivity contribution in [3.8, 4) is 17.6 Å². The Balaban J connectivity index is 1.49. The van der Waals surface area contributed by atoms with Gasteiger partial charge in [0, 0.05) is 10.0 Å². The highest BCUT2D eigenvalue weighted by Gasteiger charge is 2.62. The van der Waals surface area contributed by atoms with Crippen LogP contribution in [-0.2, 0) is 9.53 Å². The molecule has 1 fully saturated rings. The Morgan fingerprint density at radius 3 is 2.38 bits per heavy atom. The van der Waals surface area contributed by atoms with Crippen LogP contribution in [0.2, 0.25) is 0 Å². The molecule has 0 bridgehead atoms. The third-order valence-electron chi connectivity index (χ3n) is 6.12. The Bertz CT molecular complexity index is 1250. The van der Waals surface area contributed by atoms with E-state index in [9.17, 15) is 14.4 Å². The lowest BCUT2D eigenvalue weighted by Gasteiger charge is -2.14. The summed E-state index contributed by atoms with van der Waals surface area (Å²) in [5, 5.41) is 9.69. The van der Waals surface area contributed by atoms with E-state index < -0.39 is 17.9 Å². The third-order valence-corrected chi connectivity index (χ3v) is 6.84. The number of carbonyl (C=O) groups is 1. The van der Waals surface area contributed by atoms with Gasteiger partial charge in [-0.05, 0) is 41.2 Å². The highest BCUT2D eigenvalue weighted by atomic mass is 79.9. The van der Waals surface area contributed by atoms with E-state index in [2.05, 4.69) is 15.9 Å².